The van der Waals surface area contributed by atoms with Crippen LogP contribution in [0.1, 0.15) is 21.5 Å². The van der Waals surface area contributed by atoms with E-state index in [0.29, 0.717) is 10.6 Å². The largest absolute Gasteiger partial charge is 0.322 e. The van der Waals surface area contributed by atoms with Crippen molar-refractivity contribution in [3.63, 3.8) is 0 Å². The second-order valence-corrected chi connectivity index (χ2v) is 5.98. The Morgan fingerprint density at radius 1 is 1.11 bits per heavy atom. The second kappa shape index (κ2) is 5.92. The number of aryl methyl sites for hydroxylation is 2. The normalized spacial score (nSPS) is 10.3. The van der Waals surface area contributed by atoms with Gasteiger partial charge >= 0.3 is 0 Å². The molecule has 0 saturated carbocycles. The molecule has 2 aromatic carbocycles. The van der Waals surface area contributed by atoms with Crippen molar-refractivity contribution < 1.29 is 4.79 Å². The maximum absolute atomic E-state index is 12.2. The highest BCUT2D eigenvalue weighted by atomic mass is 127. The number of hydrogen-bond donors (Lipinski definition) is 1. The lowest BCUT2D eigenvalue weighted by Gasteiger charge is -2.09. The number of carbonyl (C=O) groups excluding carboxylic acids is 1. The number of rotatable bonds is 2. The molecule has 0 spiro atoms. The van der Waals surface area contributed by atoms with Crippen molar-refractivity contribution in [1.29, 1.82) is 0 Å². The first-order chi connectivity index (χ1) is 8.97. The molecular weight excluding hydrogens is 373 g/mol. The SMILES string of the molecule is Cc1ccc(NC(=O)c2cc(Cl)ccc2C)cc1I. The van der Waals surface area contributed by atoms with Crippen LogP contribution in [0.5, 0.6) is 0 Å². The van der Waals surface area contributed by atoms with Crippen molar-refractivity contribution in [3.8, 4) is 0 Å². The Kier molecular flexibility index (Phi) is 4.47. The summed E-state index contributed by atoms with van der Waals surface area (Å²) in [5.74, 6) is -0.139. The van der Waals surface area contributed by atoms with E-state index in [1.165, 1.54) is 5.56 Å². The Bertz CT molecular complexity index is 640. The number of hydrogen-bond acceptors (Lipinski definition) is 1. The standard InChI is InChI=1S/C15H13ClINO/c1-9-3-5-11(16)7-13(9)15(19)18-12-6-4-10(2)14(17)8-12/h3-8H,1-2H3,(H,18,19). The number of anilines is 1. The summed E-state index contributed by atoms with van der Waals surface area (Å²) in [5.41, 5.74) is 3.49. The van der Waals surface area contributed by atoms with E-state index in [0.717, 1.165) is 14.8 Å². The predicted octanol–water partition coefficient (Wildman–Crippen LogP) is 4.81. The molecule has 1 amide bonds. The molecule has 0 aliphatic carbocycles. The van der Waals surface area contributed by atoms with Gasteiger partial charge in [0.2, 0.25) is 0 Å². The summed E-state index contributed by atoms with van der Waals surface area (Å²) < 4.78 is 1.12. The third kappa shape index (κ3) is 3.48. The first-order valence-electron chi connectivity index (χ1n) is 5.81. The molecular formula is C15H13ClINO. The van der Waals surface area contributed by atoms with E-state index in [9.17, 15) is 4.79 Å². The van der Waals surface area contributed by atoms with Gasteiger partial charge in [-0.2, -0.15) is 0 Å². The van der Waals surface area contributed by atoms with E-state index >= 15 is 0 Å². The Morgan fingerprint density at radius 3 is 2.47 bits per heavy atom. The molecule has 2 nitrogen and oxygen atoms in total. The summed E-state index contributed by atoms with van der Waals surface area (Å²) in [5, 5.41) is 3.46. The molecule has 0 bridgehead atoms. The summed E-state index contributed by atoms with van der Waals surface area (Å²) in [6, 6.07) is 11.1. The maximum Gasteiger partial charge on any atom is 0.255 e. The minimum Gasteiger partial charge on any atom is -0.322 e. The molecule has 0 atom stereocenters. The summed E-state index contributed by atoms with van der Waals surface area (Å²) >= 11 is 8.18. The predicted molar refractivity (Wildman–Crippen MR) is 88.0 cm³/mol. The molecule has 0 aliphatic heterocycles. The lowest BCUT2D eigenvalue weighted by atomic mass is 10.1. The molecule has 0 saturated heterocycles. The Balaban J connectivity index is 2.25. The minimum atomic E-state index is -0.139. The van der Waals surface area contributed by atoms with Gasteiger partial charge in [-0.15, -0.1) is 0 Å². The molecule has 98 valence electrons. The topological polar surface area (TPSA) is 29.1 Å². The van der Waals surface area contributed by atoms with Crippen LogP contribution in [0.2, 0.25) is 5.02 Å². The van der Waals surface area contributed by atoms with E-state index in [-0.39, 0.29) is 5.91 Å². The van der Waals surface area contributed by atoms with Crippen molar-refractivity contribution in [1.82, 2.24) is 0 Å². The molecule has 0 aliphatic rings. The third-order valence-corrected chi connectivity index (χ3v) is 4.27. The van der Waals surface area contributed by atoms with Gasteiger partial charge in [-0.05, 0) is 71.8 Å². The molecule has 0 unspecified atom stereocenters. The Hall–Kier alpha value is -1.07. The van der Waals surface area contributed by atoms with Crippen LogP contribution in [0, 0.1) is 17.4 Å². The number of carbonyl (C=O) groups is 1. The van der Waals surface area contributed by atoms with E-state index in [2.05, 4.69) is 27.9 Å². The van der Waals surface area contributed by atoms with Crippen LogP contribution >= 0.6 is 34.2 Å². The van der Waals surface area contributed by atoms with Gasteiger partial charge in [0.15, 0.2) is 0 Å². The fraction of sp³-hybridized carbons (Fsp3) is 0.133. The summed E-state index contributed by atoms with van der Waals surface area (Å²) in [6.45, 7) is 3.93. The highest BCUT2D eigenvalue weighted by Gasteiger charge is 2.10. The summed E-state index contributed by atoms with van der Waals surface area (Å²) in [7, 11) is 0. The van der Waals surface area contributed by atoms with Gasteiger partial charge in [-0.3, -0.25) is 4.79 Å². The van der Waals surface area contributed by atoms with Gasteiger partial charge in [0.1, 0.15) is 0 Å². The van der Waals surface area contributed by atoms with Crippen molar-refractivity contribution >= 4 is 45.8 Å². The second-order valence-electron chi connectivity index (χ2n) is 4.38. The average Bonchev–Trinajstić information content (AvgIpc) is 2.36. The first-order valence-corrected chi connectivity index (χ1v) is 7.26. The zero-order chi connectivity index (χ0) is 14.0. The Morgan fingerprint density at radius 2 is 1.79 bits per heavy atom. The fourth-order valence-electron chi connectivity index (χ4n) is 1.71. The summed E-state index contributed by atoms with van der Waals surface area (Å²) in [6.07, 6.45) is 0. The molecule has 0 fully saturated rings. The first kappa shape index (κ1) is 14.3. The number of halogens is 2. The van der Waals surface area contributed by atoms with Crippen LogP contribution in [-0.2, 0) is 0 Å². The quantitative estimate of drug-likeness (QED) is 0.738. The Labute approximate surface area is 131 Å². The van der Waals surface area contributed by atoms with Crippen molar-refractivity contribution in [2.75, 3.05) is 5.32 Å². The third-order valence-electron chi connectivity index (χ3n) is 2.87. The van der Waals surface area contributed by atoms with E-state index in [1.54, 1.807) is 12.1 Å². The van der Waals surface area contributed by atoms with Crippen molar-refractivity contribution in [2.24, 2.45) is 0 Å². The van der Waals surface area contributed by atoms with Crippen LogP contribution in [0.3, 0.4) is 0 Å². The van der Waals surface area contributed by atoms with Gasteiger partial charge in [-0.25, -0.2) is 0 Å². The highest BCUT2D eigenvalue weighted by Crippen LogP contribution is 2.20. The number of amides is 1. The smallest absolute Gasteiger partial charge is 0.255 e. The average molecular weight is 386 g/mol. The van der Waals surface area contributed by atoms with Crippen LogP contribution in [0.4, 0.5) is 5.69 Å². The summed E-state index contributed by atoms with van der Waals surface area (Å²) in [4.78, 5) is 12.2. The number of nitrogens with one attached hydrogen (secondary N) is 1. The molecule has 4 heteroatoms. The molecule has 1 N–H and O–H groups in total. The van der Waals surface area contributed by atoms with Gasteiger partial charge in [0, 0.05) is 19.8 Å². The van der Waals surface area contributed by atoms with Crippen LogP contribution in [0.15, 0.2) is 36.4 Å². The lowest BCUT2D eigenvalue weighted by molar-refractivity contribution is 0.102. The molecule has 2 aromatic rings. The maximum atomic E-state index is 12.2. The zero-order valence-electron chi connectivity index (χ0n) is 10.6. The van der Waals surface area contributed by atoms with Crippen molar-refractivity contribution in [2.45, 2.75) is 13.8 Å². The molecule has 19 heavy (non-hydrogen) atoms. The van der Waals surface area contributed by atoms with Gasteiger partial charge in [-0.1, -0.05) is 23.7 Å². The van der Waals surface area contributed by atoms with Crippen LogP contribution in [-0.4, -0.2) is 5.91 Å². The minimum absolute atomic E-state index is 0.139. The van der Waals surface area contributed by atoms with E-state index < -0.39 is 0 Å². The molecule has 0 aromatic heterocycles. The number of benzene rings is 2. The van der Waals surface area contributed by atoms with Gasteiger partial charge < -0.3 is 5.32 Å². The van der Waals surface area contributed by atoms with E-state index in [1.807, 2.05) is 38.1 Å². The zero-order valence-corrected chi connectivity index (χ0v) is 13.5. The van der Waals surface area contributed by atoms with Crippen molar-refractivity contribution in [3.05, 3.63) is 61.7 Å². The monoisotopic (exact) mass is 385 g/mol. The molecule has 0 radical (unpaired) electrons. The molecule has 2 rings (SSSR count). The van der Waals surface area contributed by atoms with Gasteiger partial charge in [0.25, 0.3) is 5.91 Å². The van der Waals surface area contributed by atoms with Crippen LogP contribution < -0.4 is 5.32 Å². The van der Waals surface area contributed by atoms with E-state index in [4.69, 9.17) is 11.6 Å². The lowest BCUT2D eigenvalue weighted by Crippen LogP contribution is -2.13. The van der Waals surface area contributed by atoms with Crippen LogP contribution in [0.25, 0.3) is 0 Å². The molecule has 0 heterocycles. The highest BCUT2D eigenvalue weighted by molar-refractivity contribution is 14.1. The van der Waals surface area contributed by atoms with Gasteiger partial charge in [0.05, 0.1) is 0 Å². The fourth-order valence-corrected chi connectivity index (χ4v) is 2.40.